The van der Waals surface area contributed by atoms with Gasteiger partial charge in [-0.3, -0.25) is 4.98 Å². The SMILES string of the molecule is Cc1ccc(CN[C@@H](C)c2ccc(Br)cc2)nc1. The number of aryl methyl sites for hydroxylation is 1. The molecular formula is C15H17BrN2. The summed E-state index contributed by atoms with van der Waals surface area (Å²) < 4.78 is 1.11. The monoisotopic (exact) mass is 304 g/mol. The average molecular weight is 305 g/mol. The Morgan fingerprint density at radius 1 is 1.17 bits per heavy atom. The number of aromatic nitrogens is 1. The smallest absolute Gasteiger partial charge is 0.0542 e. The molecule has 0 amide bonds. The fourth-order valence-electron chi connectivity index (χ4n) is 1.73. The van der Waals surface area contributed by atoms with Gasteiger partial charge in [0.05, 0.1) is 5.69 Å². The Hall–Kier alpha value is -1.19. The van der Waals surface area contributed by atoms with Crippen LogP contribution in [0, 0.1) is 6.92 Å². The molecule has 2 nitrogen and oxygen atoms in total. The third-order valence-electron chi connectivity index (χ3n) is 2.93. The normalized spacial score (nSPS) is 12.4. The van der Waals surface area contributed by atoms with Crippen molar-refractivity contribution in [2.75, 3.05) is 0 Å². The third kappa shape index (κ3) is 3.65. The average Bonchev–Trinajstić information content (AvgIpc) is 2.38. The number of pyridine rings is 1. The second kappa shape index (κ2) is 6.12. The number of nitrogens with one attached hydrogen (secondary N) is 1. The number of hydrogen-bond donors (Lipinski definition) is 1. The number of nitrogens with zero attached hydrogens (tertiary/aromatic N) is 1. The largest absolute Gasteiger partial charge is 0.305 e. The first kappa shape index (κ1) is 13.2. The van der Waals surface area contributed by atoms with Crippen molar-refractivity contribution in [3.63, 3.8) is 0 Å². The van der Waals surface area contributed by atoms with Crippen molar-refractivity contribution in [2.45, 2.75) is 26.4 Å². The van der Waals surface area contributed by atoms with Crippen LogP contribution in [0.15, 0.2) is 47.1 Å². The Morgan fingerprint density at radius 2 is 1.89 bits per heavy atom. The quantitative estimate of drug-likeness (QED) is 0.923. The Kier molecular flexibility index (Phi) is 4.50. The molecular weight excluding hydrogens is 288 g/mol. The minimum absolute atomic E-state index is 0.321. The highest BCUT2D eigenvalue weighted by Crippen LogP contribution is 2.16. The minimum atomic E-state index is 0.321. The van der Waals surface area contributed by atoms with Gasteiger partial charge in [-0.05, 0) is 43.2 Å². The van der Waals surface area contributed by atoms with Crippen LogP contribution in [0.25, 0.3) is 0 Å². The minimum Gasteiger partial charge on any atom is -0.305 e. The zero-order valence-corrected chi connectivity index (χ0v) is 12.2. The van der Waals surface area contributed by atoms with Crippen LogP contribution in [0.2, 0.25) is 0 Å². The predicted octanol–water partition coefficient (Wildman–Crippen LogP) is 4.00. The van der Waals surface area contributed by atoms with Gasteiger partial charge in [-0.25, -0.2) is 0 Å². The number of halogens is 1. The zero-order valence-electron chi connectivity index (χ0n) is 10.7. The van der Waals surface area contributed by atoms with Gasteiger partial charge < -0.3 is 5.32 Å². The van der Waals surface area contributed by atoms with Gasteiger partial charge in [0, 0.05) is 23.3 Å². The molecule has 0 radical (unpaired) electrons. The molecule has 2 aromatic rings. The lowest BCUT2D eigenvalue weighted by Crippen LogP contribution is -2.18. The summed E-state index contributed by atoms with van der Waals surface area (Å²) in [7, 11) is 0. The molecule has 0 spiro atoms. The van der Waals surface area contributed by atoms with Crippen LogP contribution in [0.1, 0.15) is 29.8 Å². The molecule has 1 heterocycles. The van der Waals surface area contributed by atoms with E-state index in [2.05, 4.69) is 76.5 Å². The first-order chi connectivity index (χ1) is 8.65. The maximum atomic E-state index is 4.39. The molecule has 18 heavy (non-hydrogen) atoms. The molecule has 1 aromatic heterocycles. The Labute approximate surface area is 117 Å². The van der Waals surface area contributed by atoms with Crippen LogP contribution in [0.3, 0.4) is 0 Å². The molecule has 94 valence electrons. The molecule has 2 rings (SSSR count). The fraction of sp³-hybridized carbons (Fsp3) is 0.267. The van der Waals surface area contributed by atoms with Crippen molar-refractivity contribution >= 4 is 15.9 Å². The summed E-state index contributed by atoms with van der Waals surface area (Å²) in [6.45, 7) is 5.00. The summed E-state index contributed by atoms with van der Waals surface area (Å²) in [5, 5.41) is 3.48. The Bertz CT molecular complexity index is 491. The summed E-state index contributed by atoms with van der Waals surface area (Å²) in [5.41, 5.74) is 3.55. The van der Waals surface area contributed by atoms with Crippen molar-refractivity contribution in [1.82, 2.24) is 10.3 Å². The van der Waals surface area contributed by atoms with Crippen molar-refractivity contribution in [2.24, 2.45) is 0 Å². The second-order valence-corrected chi connectivity index (χ2v) is 5.40. The molecule has 0 fully saturated rings. The van der Waals surface area contributed by atoms with Crippen LogP contribution < -0.4 is 5.32 Å². The number of benzene rings is 1. The van der Waals surface area contributed by atoms with Crippen molar-refractivity contribution in [1.29, 1.82) is 0 Å². The fourth-order valence-corrected chi connectivity index (χ4v) is 1.99. The maximum Gasteiger partial charge on any atom is 0.0542 e. The van der Waals surface area contributed by atoms with E-state index in [9.17, 15) is 0 Å². The summed E-state index contributed by atoms with van der Waals surface area (Å²) in [5.74, 6) is 0. The molecule has 0 aliphatic rings. The van der Waals surface area contributed by atoms with Crippen molar-refractivity contribution < 1.29 is 0 Å². The molecule has 3 heteroatoms. The van der Waals surface area contributed by atoms with Crippen LogP contribution in [-0.4, -0.2) is 4.98 Å². The van der Waals surface area contributed by atoms with Crippen molar-refractivity contribution in [3.05, 3.63) is 63.9 Å². The van der Waals surface area contributed by atoms with Crippen molar-refractivity contribution in [3.8, 4) is 0 Å². The van der Waals surface area contributed by atoms with E-state index in [0.717, 1.165) is 16.7 Å². The van der Waals surface area contributed by atoms with E-state index in [-0.39, 0.29) is 0 Å². The molecule has 1 aromatic carbocycles. The van der Waals surface area contributed by atoms with Gasteiger partial charge in [0.1, 0.15) is 0 Å². The van der Waals surface area contributed by atoms with E-state index in [1.165, 1.54) is 11.1 Å². The number of rotatable bonds is 4. The lowest BCUT2D eigenvalue weighted by atomic mass is 10.1. The van der Waals surface area contributed by atoms with Crippen LogP contribution in [0.5, 0.6) is 0 Å². The third-order valence-corrected chi connectivity index (χ3v) is 3.46. The van der Waals surface area contributed by atoms with Gasteiger partial charge in [0.2, 0.25) is 0 Å². The lowest BCUT2D eigenvalue weighted by Gasteiger charge is -2.14. The van der Waals surface area contributed by atoms with E-state index in [4.69, 9.17) is 0 Å². The van der Waals surface area contributed by atoms with Gasteiger partial charge in [-0.15, -0.1) is 0 Å². The summed E-state index contributed by atoms with van der Waals surface area (Å²) in [4.78, 5) is 4.39. The highest BCUT2D eigenvalue weighted by atomic mass is 79.9. The summed E-state index contributed by atoms with van der Waals surface area (Å²) >= 11 is 3.45. The highest BCUT2D eigenvalue weighted by Gasteiger charge is 2.04. The summed E-state index contributed by atoms with van der Waals surface area (Å²) in [6, 6.07) is 12.9. The van der Waals surface area contributed by atoms with E-state index in [1.54, 1.807) is 0 Å². The lowest BCUT2D eigenvalue weighted by molar-refractivity contribution is 0.567. The van der Waals surface area contributed by atoms with E-state index in [1.807, 2.05) is 6.20 Å². The second-order valence-electron chi connectivity index (χ2n) is 4.48. The molecule has 0 saturated heterocycles. The van der Waals surface area contributed by atoms with Gasteiger partial charge in [-0.2, -0.15) is 0 Å². The first-order valence-electron chi connectivity index (χ1n) is 6.05. The van der Waals surface area contributed by atoms with Gasteiger partial charge in [0.15, 0.2) is 0 Å². The van der Waals surface area contributed by atoms with Gasteiger partial charge in [-0.1, -0.05) is 34.1 Å². The molecule has 0 aliphatic heterocycles. The Morgan fingerprint density at radius 3 is 2.50 bits per heavy atom. The van der Waals surface area contributed by atoms with Crippen LogP contribution in [-0.2, 0) is 6.54 Å². The highest BCUT2D eigenvalue weighted by molar-refractivity contribution is 9.10. The van der Waals surface area contributed by atoms with Crippen LogP contribution in [0.4, 0.5) is 0 Å². The molecule has 0 saturated carbocycles. The van der Waals surface area contributed by atoms with Crippen LogP contribution >= 0.6 is 15.9 Å². The summed E-state index contributed by atoms with van der Waals surface area (Å²) in [6.07, 6.45) is 1.90. The Balaban J connectivity index is 1.93. The van der Waals surface area contributed by atoms with E-state index in [0.29, 0.717) is 6.04 Å². The molecule has 0 unspecified atom stereocenters. The maximum absolute atomic E-state index is 4.39. The molecule has 0 aliphatic carbocycles. The predicted molar refractivity (Wildman–Crippen MR) is 78.4 cm³/mol. The zero-order chi connectivity index (χ0) is 13.0. The topological polar surface area (TPSA) is 24.9 Å². The first-order valence-corrected chi connectivity index (χ1v) is 6.85. The number of hydrogen-bond acceptors (Lipinski definition) is 2. The van der Waals surface area contributed by atoms with E-state index < -0.39 is 0 Å². The van der Waals surface area contributed by atoms with Gasteiger partial charge >= 0.3 is 0 Å². The van der Waals surface area contributed by atoms with Gasteiger partial charge in [0.25, 0.3) is 0 Å². The molecule has 0 bridgehead atoms. The molecule has 1 N–H and O–H groups in total. The standard InChI is InChI=1S/C15H17BrN2/c1-11-3-8-15(18-9-11)10-17-12(2)13-4-6-14(16)7-5-13/h3-9,12,17H,10H2,1-2H3/t12-/m0/s1. The van der Waals surface area contributed by atoms with E-state index >= 15 is 0 Å². The molecule has 1 atom stereocenters.